The molecule has 16 heavy (non-hydrogen) atoms. The molecule has 88 valence electrons. The molecule has 3 N–H and O–H groups in total. The third-order valence-corrected chi connectivity index (χ3v) is 2.71. The highest BCUT2D eigenvalue weighted by molar-refractivity contribution is 5.13. The van der Waals surface area contributed by atoms with Crippen LogP contribution in [0.15, 0.2) is 30.3 Å². The first kappa shape index (κ1) is 11.5. The zero-order chi connectivity index (χ0) is 11.4. The molecule has 0 bridgehead atoms. The third kappa shape index (κ3) is 2.80. The van der Waals surface area contributed by atoms with Gasteiger partial charge in [-0.05, 0) is 12.0 Å². The average molecular weight is 223 g/mol. The Balaban J connectivity index is 1.85. The van der Waals surface area contributed by atoms with Crippen molar-refractivity contribution >= 4 is 0 Å². The lowest BCUT2D eigenvalue weighted by atomic mass is 10.1. The Kier molecular flexibility index (Phi) is 3.90. The minimum atomic E-state index is -0.738. The molecule has 0 radical (unpaired) electrons. The smallest absolute Gasteiger partial charge is 0.185 e. The number of aliphatic hydroxyl groups excluding tert-OH is 1. The van der Waals surface area contributed by atoms with Gasteiger partial charge < -0.3 is 20.3 Å². The molecule has 2 rings (SSSR count). The van der Waals surface area contributed by atoms with Crippen LogP contribution in [0, 0.1) is 0 Å². The van der Waals surface area contributed by atoms with Gasteiger partial charge in [0.1, 0.15) is 6.10 Å². The van der Waals surface area contributed by atoms with E-state index in [2.05, 4.69) is 0 Å². The number of aliphatic hydroxyl groups is 1. The Morgan fingerprint density at radius 3 is 2.88 bits per heavy atom. The summed E-state index contributed by atoms with van der Waals surface area (Å²) in [6.07, 6.45) is -0.673. The Hall–Kier alpha value is -0.940. The largest absolute Gasteiger partial charge is 0.386 e. The van der Waals surface area contributed by atoms with Crippen molar-refractivity contribution in [2.45, 2.75) is 31.5 Å². The van der Waals surface area contributed by atoms with Crippen LogP contribution in [0.1, 0.15) is 12.0 Å². The van der Waals surface area contributed by atoms with Crippen LogP contribution in [0.3, 0.4) is 0 Å². The van der Waals surface area contributed by atoms with E-state index in [4.69, 9.17) is 15.2 Å². The van der Waals surface area contributed by atoms with Gasteiger partial charge in [-0.1, -0.05) is 30.3 Å². The highest BCUT2D eigenvalue weighted by atomic mass is 16.7. The molecule has 1 aliphatic heterocycles. The lowest BCUT2D eigenvalue weighted by Gasteiger charge is -2.32. The molecule has 0 unspecified atom stereocenters. The van der Waals surface area contributed by atoms with Gasteiger partial charge in [-0.2, -0.15) is 0 Å². The van der Waals surface area contributed by atoms with E-state index in [1.807, 2.05) is 30.3 Å². The summed E-state index contributed by atoms with van der Waals surface area (Å²) in [4.78, 5) is 0. The van der Waals surface area contributed by atoms with Crippen LogP contribution in [0.4, 0.5) is 0 Å². The summed E-state index contributed by atoms with van der Waals surface area (Å²) in [5, 5.41) is 9.74. The van der Waals surface area contributed by atoms with Crippen molar-refractivity contribution < 1.29 is 14.6 Å². The van der Waals surface area contributed by atoms with Crippen LogP contribution in [0.25, 0.3) is 0 Å². The molecule has 0 amide bonds. The SMILES string of the molecule is N[C@@H]1CCO[C@H](OCc2ccccc2)[C@H]1O. The van der Waals surface area contributed by atoms with Crippen molar-refractivity contribution in [3.63, 3.8) is 0 Å². The molecule has 0 aliphatic carbocycles. The van der Waals surface area contributed by atoms with Gasteiger partial charge in [-0.15, -0.1) is 0 Å². The van der Waals surface area contributed by atoms with Gasteiger partial charge in [-0.3, -0.25) is 0 Å². The molecule has 4 heteroatoms. The number of ether oxygens (including phenoxy) is 2. The molecular formula is C12H17NO3. The number of hydrogen-bond acceptors (Lipinski definition) is 4. The lowest BCUT2D eigenvalue weighted by molar-refractivity contribution is -0.224. The maximum atomic E-state index is 9.74. The highest BCUT2D eigenvalue weighted by Gasteiger charge is 2.30. The first-order valence-corrected chi connectivity index (χ1v) is 5.48. The van der Waals surface area contributed by atoms with Crippen LogP contribution in [0.5, 0.6) is 0 Å². The standard InChI is InChI=1S/C12H17NO3/c13-10-6-7-15-12(11(10)14)16-8-9-4-2-1-3-5-9/h1-5,10-12,14H,6-8,13H2/t10-,11+,12-/m1/s1. The minimum absolute atomic E-state index is 0.255. The fraction of sp³-hybridized carbons (Fsp3) is 0.500. The molecule has 1 aromatic rings. The second kappa shape index (κ2) is 5.41. The van der Waals surface area contributed by atoms with E-state index < -0.39 is 12.4 Å². The zero-order valence-corrected chi connectivity index (χ0v) is 9.08. The van der Waals surface area contributed by atoms with E-state index in [1.54, 1.807) is 0 Å². The summed E-state index contributed by atoms with van der Waals surface area (Å²) in [6.45, 7) is 0.965. The molecule has 1 fully saturated rings. The van der Waals surface area contributed by atoms with E-state index >= 15 is 0 Å². The van der Waals surface area contributed by atoms with Crippen molar-refractivity contribution in [1.29, 1.82) is 0 Å². The number of benzene rings is 1. The van der Waals surface area contributed by atoms with Gasteiger partial charge in [0.2, 0.25) is 0 Å². The number of hydrogen-bond donors (Lipinski definition) is 2. The summed E-state index contributed by atoms with van der Waals surface area (Å²) >= 11 is 0. The number of rotatable bonds is 3. The predicted octanol–water partition coefficient (Wildman–Crippen LogP) is 0.638. The van der Waals surface area contributed by atoms with E-state index in [0.717, 1.165) is 5.56 Å². The molecule has 4 nitrogen and oxygen atoms in total. The molecule has 1 aliphatic rings. The fourth-order valence-electron chi connectivity index (χ4n) is 1.69. The third-order valence-electron chi connectivity index (χ3n) is 2.71. The van der Waals surface area contributed by atoms with Gasteiger partial charge in [0, 0.05) is 6.04 Å². The van der Waals surface area contributed by atoms with Crippen LogP contribution in [0.2, 0.25) is 0 Å². The second-order valence-electron chi connectivity index (χ2n) is 3.98. The summed E-state index contributed by atoms with van der Waals surface area (Å²) in [5.41, 5.74) is 6.78. The highest BCUT2D eigenvalue weighted by Crippen LogP contribution is 2.15. The van der Waals surface area contributed by atoms with Gasteiger partial charge in [-0.25, -0.2) is 0 Å². The minimum Gasteiger partial charge on any atom is -0.386 e. The summed E-state index contributed by atoms with van der Waals surface area (Å²) in [7, 11) is 0. The summed E-state index contributed by atoms with van der Waals surface area (Å²) in [6, 6.07) is 9.52. The van der Waals surface area contributed by atoms with E-state index in [9.17, 15) is 5.11 Å². The fourth-order valence-corrected chi connectivity index (χ4v) is 1.69. The zero-order valence-electron chi connectivity index (χ0n) is 9.08. The summed E-state index contributed by atoms with van der Waals surface area (Å²) < 4.78 is 10.8. The van der Waals surface area contributed by atoms with Gasteiger partial charge in [0.05, 0.1) is 13.2 Å². The summed E-state index contributed by atoms with van der Waals surface area (Å²) in [5.74, 6) is 0. The van der Waals surface area contributed by atoms with Crippen LogP contribution < -0.4 is 5.73 Å². The van der Waals surface area contributed by atoms with Crippen molar-refractivity contribution in [2.24, 2.45) is 5.73 Å². The Morgan fingerprint density at radius 2 is 2.12 bits per heavy atom. The maximum Gasteiger partial charge on any atom is 0.185 e. The van der Waals surface area contributed by atoms with Crippen molar-refractivity contribution in [3.05, 3.63) is 35.9 Å². The van der Waals surface area contributed by atoms with Crippen molar-refractivity contribution in [1.82, 2.24) is 0 Å². The first-order chi connectivity index (χ1) is 7.77. The van der Waals surface area contributed by atoms with Crippen LogP contribution >= 0.6 is 0 Å². The van der Waals surface area contributed by atoms with Gasteiger partial charge in [0.15, 0.2) is 6.29 Å². The molecule has 0 saturated carbocycles. The van der Waals surface area contributed by atoms with Crippen molar-refractivity contribution in [2.75, 3.05) is 6.61 Å². The topological polar surface area (TPSA) is 64.7 Å². The molecule has 0 spiro atoms. The molecule has 1 aromatic carbocycles. The normalized spacial score (nSPS) is 30.2. The van der Waals surface area contributed by atoms with E-state index in [-0.39, 0.29) is 6.04 Å². The number of nitrogens with two attached hydrogens (primary N) is 1. The molecular weight excluding hydrogens is 206 g/mol. The maximum absolute atomic E-state index is 9.74. The monoisotopic (exact) mass is 223 g/mol. The molecule has 1 heterocycles. The van der Waals surface area contributed by atoms with Crippen molar-refractivity contribution in [3.8, 4) is 0 Å². The average Bonchev–Trinajstić information content (AvgIpc) is 2.32. The molecule has 0 aromatic heterocycles. The Bertz CT molecular complexity index is 317. The predicted molar refractivity (Wildman–Crippen MR) is 59.6 cm³/mol. The second-order valence-corrected chi connectivity index (χ2v) is 3.98. The molecule has 3 atom stereocenters. The van der Waals surface area contributed by atoms with Gasteiger partial charge in [0.25, 0.3) is 0 Å². The Labute approximate surface area is 95.0 Å². The van der Waals surface area contributed by atoms with E-state index in [0.29, 0.717) is 19.6 Å². The lowest BCUT2D eigenvalue weighted by Crippen LogP contribution is -2.50. The van der Waals surface area contributed by atoms with Crippen LogP contribution in [-0.2, 0) is 16.1 Å². The first-order valence-electron chi connectivity index (χ1n) is 5.48. The van der Waals surface area contributed by atoms with Crippen LogP contribution in [-0.4, -0.2) is 30.1 Å². The van der Waals surface area contributed by atoms with Gasteiger partial charge >= 0.3 is 0 Å². The Morgan fingerprint density at radius 1 is 1.38 bits per heavy atom. The quantitative estimate of drug-likeness (QED) is 0.789. The van der Waals surface area contributed by atoms with E-state index in [1.165, 1.54) is 0 Å². The molecule has 1 saturated heterocycles.